The topological polar surface area (TPSA) is 91.5 Å². The van der Waals surface area contributed by atoms with Gasteiger partial charge < -0.3 is 4.74 Å². The zero-order valence-corrected chi connectivity index (χ0v) is 12.5. The van der Waals surface area contributed by atoms with Gasteiger partial charge in [-0.1, -0.05) is 6.07 Å². The molecule has 0 aliphatic carbocycles. The van der Waals surface area contributed by atoms with Crippen LogP contribution in [0.25, 0.3) is 0 Å². The molecule has 21 heavy (non-hydrogen) atoms. The summed E-state index contributed by atoms with van der Waals surface area (Å²) in [7, 11) is 1.27. The van der Waals surface area contributed by atoms with Crippen molar-refractivity contribution in [2.45, 2.75) is 0 Å². The first-order chi connectivity index (χ1) is 10.2. The fourth-order valence-corrected chi connectivity index (χ4v) is 2.84. The SMILES string of the molecule is COC(=O)c1sccc1N/N=C(\C#N)C(=O)c1cccs1. The lowest BCUT2D eigenvalue weighted by Gasteiger charge is -2.01. The molecule has 0 unspecified atom stereocenters. The predicted octanol–water partition coefficient (Wildman–Crippen LogP) is 2.77. The van der Waals surface area contributed by atoms with Crippen LogP contribution in [0.2, 0.25) is 0 Å². The van der Waals surface area contributed by atoms with Gasteiger partial charge in [-0.2, -0.15) is 10.4 Å². The van der Waals surface area contributed by atoms with Gasteiger partial charge in [0.25, 0.3) is 0 Å². The van der Waals surface area contributed by atoms with Gasteiger partial charge in [-0.05, 0) is 22.9 Å². The molecule has 0 aliphatic rings. The van der Waals surface area contributed by atoms with Gasteiger partial charge in [0.15, 0.2) is 0 Å². The number of nitrogens with zero attached hydrogens (tertiary/aromatic N) is 2. The number of hydrogen-bond acceptors (Lipinski definition) is 8. The Balaban J connectivity index is 2.20. The van der Waals surface area contributed by atoms with Crippen LogP contribution in [-0.2, 0) is 4.74 Å². The Bertz CT molecular complexity index is 726. The monoisotopic (exact) mass is 319 g/mol. The lowest BCUT2D eigenvalue weighted by Crippen LogP contribution is -2.13. The number of ether oxygens (including phenoxy) is 1. The van der Waals surface area contributed by atoms with Gasteiger partial charge in [0, 0.05) is 0 Å². The van der Waals surface area contributed by atoms with E-state index in [1.165, 1.54) is 29.8 Å². The van der Waals surface area contributed by atoms with E-state index in [0.717, 1.165) is 0 Å². The summed E-state index contributed by atoms with van der Waals surface area (Å²) in [4.78, 5) is 24.2. The van der Waals surface area contributed by atoms with E-state index in [9.17, 15) is 9.59 Å². The number of thiophene rings is 2. The van der Waals surface area contributed by atoms with Crippen LogP contribution in [0.5, 0.6) is 0 Å². The van der Waals surface area contributed by atoms with Gasteiger partial charge in [-0.15, -0.1) is 22.7 Å². The van der Waals surface area contributed by atoms with Crippen molar-refractivity contribution in [2.24, 2.45) is 5.10 Å². The van der Waals surface area contributed by atoms with E-state index in [2.05, 4.69) is 15.3 Å². The Morgan fingerprint density at radius 2 is 2.14 bits per heavy atom. The first-order valence-corrected chi connectivity index (χ1v) is 7.41. The van der Waals surface area contributed by atoms with Gasteiger partial charge in [0.2, 0.25) is 11.5 Å². The molecule has 0 saturated carbocycles. The molecule has 0 spiro atoms. The number of rotatable bonds is 5. The number of carbonyl (C=O) groups is 2. The van der Waals surface area contributed by atoms with Gasteiger partial charge in [0.1, 0.15) is 10.9 Å². The maximum absolute atomic E-state index is 12.0. The summed E-state index contributed by atoms with van der Waals surface area (Å²) in [6, 6.07) is 6.70. The summed E-state index contributed by atoms with van der Waals surface area (Å²) in [6.07, 6.45) is 0. The number of nitriles is 1. The van der Waals surface area contributed by atoms with E-state index in [0.29, 0.717) is 15.4 Å². The molecule has 8 heteroatoms. The van der Waals surface area contributed by atoms with E-state index < -0.39 is 11.8 Å². The Morgan fingerprint density at radius 1 is 1.33 bits per heavy atom. The highest BCUT2D eigenvalue weighted by Crippen LogP contribution is 2.23. The number of nitrogens with one attached hydrogen (secondary N) is 1. The van der Waals surface area contributed by atoms with Crippen LogP contribution in [0.3, 0.4) is 0 Å². The molecular weight excluding hydrogens is 310 g/mol. The third-order valence-electron chi connectivity index (χ3n) is 2.39. The van der Waals surface area contributed by atoms with Crippen molar-refractivity contribution in [1.29, 1.82) is 5.26 Å². The molecule has 0 aliphatic heterocycles. The largest absolute Gasteiger partial charge is 0.465 e. The molecule has 0 atom stereocenters. The van der Waals surface area contributed by atoms with Crippen molar-refractivity contribution in [3.8, 4) is 6.07 Å². The van der Waals surface area contributed by atoms with Gasteiger partial charge in [-0.3, -0.25) is 10.2 Å². The average molecular weight is 319 g/mol. The minimum absolute atomic E-state index is 0.278. The van der Waals surface area contributed by atoms with E-state index in [1.807, 2.05) is 0 Å². The summed E-state index contributed by atoms with van der Waals surface area (Å²) < 4.78 is 4.63. The zero-order chi connectivity index (χ0) is 15.2. The molecule has 2 rings (SSSR count). The lowest BCUT2D eigenvalue weighted by atomic mass is 10.2. The molecule has 106 valence electrons. The van der Waals surface area contributed by atoms with E-state index in [4.69, 9.17) is 5.26 Å². The van der Waals surface area contributed by atoms with Crippen molar-refractivity contribution in [3.05, 3.63) is 38.7 Å². The van der Waals surface area contributed by atoms with Crippen LogP contribution >= 0.6 is 22.7 Å². The normalized spacial score (nSPS) is 10.8. The lowest BCUT2D eigenvalue weighted by molar-refractivity contribution is 0.0607. The summed E-state index contributed by atoms with van der Waals surface area (Å²) in [5.74, 6) is -0.972. The van der Waals surface area contributed by atoms with Crippen molar-refractivity contribution in [3.63, 3.8) is 0 Å². The standard InChI is InChI=1S/C13H9N3O3S2/c1-19-13(18)12-8(4-6-21-12)15-16-9(7-14)11(17)10-3-2-5-20-10/h2-6,15H,1H3/b16-9+. The molecule has 6 nitrogen and oxygen atoms in total. The molecule has 2 aromatic heterocycles. The number of hydrazone groups is 1. The second kappa shape index (κ2) is 6.78. The highest BCUT2D eigenvalue weighted by molar-refractivity contribution is 7.13. The number of methoxy groups -OCH3 is 1. The van der Waals surface area contributed by atoms with Crippen LogP contribution in [0.1, 0.15) is 19.3 Å². The van der Waals surface area contributed by atoms with Crippen molar-refractivity contribution in [1.82, 2.24) is 0 Å². The number of hydrogen-bond donors (Lipinski definition) is 1. The second-order valence-corrected chi connectivity index (χ2v) is 5.51. The van der Waals surface area contributed by atoms with E-state index in [1.54, 1.807) is 35.0 Å². The summed E-state index contributed by atoms with van der Waals surface area (Å²) in [5, 5.41) is 16.2. The molecule has 2 heterocycles. The maximum atomic E-state index is 12.0. The molecule has 0 saturated heterocycles. The Kier molecular flexibility index (Phi) is 4.81. The third-order valence-corrected chi connectivity index (χ3v) is 4.15. The van der Waals surface area contributed by atoms with Crippen molar-refractivity contribution < 1.29 is 14.3 Å². The Labute approximate surface area is 128 Å². The molecular formula is C13H9N3O3S2. The molecule has 0 amide bonds. The Morgan fingerprint density at radius 3 is 2.76 bits per heavy atom. The van der Waals surface area contributed by atoms with Crippen LogP contribution in [0.15, 0.2) is 34.1 Å². The number of carbonyl (C=O) groups excluding carboxylic acids is 2. The minimum atomic E-state index is -0.509. The fourth-order valence-electron chi connectivity index (χ4n) is 1.42. The molecule has 2 aromatic rings. The first-order valence-electron chi connectivity index (χ1n) is 5.65. The zero-order valence-electron chi connectivity index (χ0n) is 10.8. The molecule has 1 N–H and O–H groups in total. The van der Waals surface area contributed by atoms with Crippen LogP contribution < -0.4 is 5.43 Å². The molecule has 0 aromatic carbocycles. The predicted molar refractivity (Wildman–Crippen MR) is 81.0 cm³/mol. The highest BCUT2D eigenvalue weighted by atomic mass is 32.1. The summed E-state index contributed by atoms with van der Waals surface area (Å²) >= 11 is 2.40. The minimum Gasteiger partial charge on any atom is -0.465 e. The fraction of sp³-hybridized carbons (Fsp3) is 0.0769. The number of esters is 1. The summed E-state index contributed by atoms with van der Waals surface area (Å²) in [5.41, 5.74) is 2.67. The first kappa shape index (κ1) is 14.9. The number of ketones is 1. The second-order valence-electron chi connectivity index (χ2n) is 3.65. The summed E-state index contributed by atoms with van der Waals surface area (Å²) in [6.45, 7) is 0. The Hall–Kier alpha value is -2.50. The highest BCUT2D eigenvalue weighted by Gasteiger charge is 2.17. The number of Topliss-reactive ketones (excluding diaryl/α,β-unsaturated/α-hetero) is 1. The van der Waals surface area contributed by atoms with Crippen LogP contribution in [0, 0.1) is 11.3 Å². The molecule has 0 radical (unpaired) electrons. The van der Waals surface area contributed by atoms with Crippen molar-refractivity contribution >= 4 is 45.8 Å². The van der Waals surface area contributed by atoms with Gasteiger partial charge in [-0.25, -0.2) is 4.79 Å². The smallest absolute Gasteiger partial charge is 0.350 e. The quantitative estimate of drug-likeness (QED) is 0.396. The van der Waals surface area contributed by atoms with Gasteiger partial charge >= 0.3 is 5.97 Å². The maximum Gasteiger partial charge on any atom is 0.350 e. The van der Waals surface area contributed by atoms with E-state index in [-0.39, 0.29) is 5.71 Å². The van der Waals surface area contributed by atoms with Crippen LogP contribution in [-0.4, -0.2) is 24.6 Å². The molecule has 0 fully saturated rings. The average Bonchev–Trinajstić information content (AvgIpc) is 3.18. The third kappa shape index (κ3) is 3.34. The number of anilines is 1. The van der Waals surface area contributed by atoms with Gasteiger partial charge in [0.05, 0.1) is 17.7 Å². The van der Waals surface area contributed by atoms with Crippen LogP contribution in [0.4, 0.5) is 5.69 Å². The van der Waals surface area contributed by atoms with E-state index >= 15 is 0 Å². The van der Waals surface area contributed by atoms with Crippen molar-refractivity contribution in [2.75, 3.05) is 12.5 Å². The molecule has 0 bridgehead atoms.